The molecule has 1 unspecified atom stereocenters. The van der Waals surface area contributed by atoms with E-state index in [1.165, 1.54) is 0 Å². The van der Waals surface area contributed by atoms with Gasteiger partial charge < -0.3 is 5.32 Å². The fourth-order valence-electron chi connectivity index (χ4n) is 2.55. The number of hydrogen-bond acceptors (Lipinski definition) is 2. The molecule has 4 heteroatoms. The Balaban J connectivity index is 2.16. The van der Waals surface area contributed by atoms with Crippen molar-refractivity contribution in [3.63, 3.8) is 0 Å². The van der Waals surface area contributed by atoms with Crippen LogP contribution in [0, 0.1) is 5.41 Å². The lowest BCUT2D eigenvalue weighted by Gasteiger charge is -2.25. The van der Waals surface area contributed by atoms with Gasteiger partial charge in [0, 0.05) is 0 Å². The highest BCUT2D eigenvalue weighted by Crippen LogP contribution is 2.39. The van der Waals surface area contributed by atoms with Gasteiger partial charge in [-0.3, -0.25) is 10.1 Å². The van der Waals surface area contributed by atoms with Crippen LogP contribution in [0.25, 0.3) is 0 Å². The van der Waals surface area contributed by atoms with E-state index in [0.29, 0.717) is 0 Å². The molecule has 84 valence electrons. The third-order valence-corrected chi connectivity index (χ3v) is 3.70. The summed E-state index contributed by atoms with van der Waals surface area (Å²) in [6.45, 7) is 4.45. The molecule has 15 heavy (non-hydrogen) atoms. The molecule has 1 saturated heterocycles. The molecule has 0 aromatic heterocycles. The SMILES string of the molecule is CC1(C)CCCC2(CC1)NC(=O)NC2=O. The summed E-state index contributed by atoms with van der Waals surface area (Å²) in [5, 5.41) is 5.14. The van der Waals surface area contributed by atoms with Gasteiger partial charge in [-0.05, 0) is 31.1 Å². The van der Waals surface area contributed by atoms with Crippen molar-refractivity contribution >= 4 is 11.9 Å². The molecule has 1 saturated carbocycles. The van der Waals surface area contributed by atoms with Gasteiger partial charge in [0.25, 0.3) is 5.91 Å². The number of rotatable bonds is 0. The van der Waals surface area contributed by atoms with Crippen LogP contribution in [-0.4, -0.2) is 17.5 Å². The number of amides is 3. The first-order valence-electron chi connectivity index (χ1n) is 5.57. The number of carbonyl (C=O) groups excluding carboxylic acids is 2. The second kappa shape index (κ2) is 3.22. The van der Waals surface area contributed by atoms with Gasteiger partial charge in [0.2, 0.25) is 0 Å². The van der Waals surface area contributed by atoms with Crippen molar-refractivity contribution < 1.29 is 9.59 Å². The molecular formula is C11H18N2O2. The highest BCUT2D eigenvalue weighted by molar-refractivity contribution is 6.07. The van der Waals surface area contributed by atoms with Gasteiger partial charge >= 0.3 is 6.03 Å². The zero-order valence-corrected chi connectivity index (χ0v) is 9.35. The van der Waals surface area contributed by atoms with Crippen molar-refractivity contribution in [1.82, 2.24) is 10.6 Å². The molecule has 0 aromatic carbocycles. The number of imide groups is 1. The third kappa shape index (κ3) is 1.85. The van der Waals surface area contributed by atoms with Crippen LogP contribution in [0.2, 0.25) is 0 Å². The summed E-state index contributed by atoms with van der Waals surface area (Å²) in [5.74, 6) is -0.134. The zero-order chi connectivity index (χ0) is 11.1. The minimum absolute atomic E-state index is 0.134. The van der Waals surface area contributed by atoms with Gasteiger partial charge in [-0.1, -0.05) is 20.3 Å². The maximum atomic E-state index is 11.7. The maximum absolute atomic E-state index is 11.7. The first-order valence-corrected chi connectivity index (χ1v) is 5.57. The van der Waals surface area contributed by atoms with Crippen LogP contribution in [0.15, 0.2) is 0 Å². The van der Waals surface area contributed by atoms with Gasteiger partial charge in [-0.25, -0.2) is 4.79 Å². The van der Waals surface area contributed by atoms with Crippen molar-refractivity contribution in [2.75, 3.05) is 0 Å². The van der Waals surface area contributed by atoms with E-state index in [1.807, 2.05) is 0 Å². The summed E-state index contributed by atoms with van der Waals surface area (Å²) in [6.07, 6.45) is 4.64. The summed E-state index contributed by atoms with van der Waals surface area (Å²) >= 11 is 0. The molecule has 1 aliphatic carbocycles. The summed E-state index contributed by atoms with van der Waals surface area (Å²) in [4.78, 5) is 22.9. The average molecular weight is 210 g/mol. The van der Waals surface area contributed by atoms with Crippen LogP contribution >= 0.6 is 0 Å². The molecule has 2 N–H and O–H groups in total. The molecule has 1 atom stereocenters. The second-order valence-corrected chi connectivity index (χ2v) is 5.51. The van der Waals surface area contributed by atoms with Gasteiger partial charge in [0.1, 0.15) is 5.54 Å². The zero-order valence-electron chi connectivity index (χ0n) is 9.35. The van der Waals surface area contributed by atoms with Crippen LogP contribution in [0.1, 0.15) is 46.0 Å². The standard InChI is InChI=1S/C11H18N2O2/c1-10(2)4-3-5-11(7-6-10)8(14)12-9(15)13-11/h3-7H2,1-2H3,(H2,12,13,14,15). The van der Waals surface area contributed by atoms with Crippen molar-refractivity contribution in [2.45, 2.75) is 51.5 Å². The highest BCUT2D eigenvalue weighted by Gasteiger charge is 2.47. The predicted molar refractivity (Wildman–Crippen MR) is 56.3 cm³/mol. The fraction of sp³-hybridized carbons (Fsp3) is 0.818. The van der Waals surface area contributed by atoms with Crippen molar-refractivity contribution in [2.24, 2.45) is 5.41 Å². The molecular weight excluding hydrogens is 192 g/mol. The number of carbonyl (C=O) groups is 2. The van der Waals surface area contributed by atoms with E-state index >= 15 is 0 Å². The van der Waals surface area contributed by atoms with Crippen LogP contribution < -0.4 is 10.6 Å². The molecule has 1 spiro atoms. The van der Waals surface area contributed by atoms with Gasteiger partial charge in [0.05, 0.1) is 0 Å². The minimum atomic E-state index is -0.606. The van der Waals surface area contributed by atoms with Crippen LogP contribution in [0.4, 0.5) is 4.79 Å². The lowest BCUT2D eigenvalue weighted by Crippen LogP contribution is -2.46. The molecule has 4 nitrogen and oxygen atoms in total. The molecule has 2 fully saturated rings. The molecule has 2 rings (SSSR count). The first kappa shape index (κ1) is 10.5. The van der Waals surface area contributed by atoms with Gasteiger partial charge in [-0.2, -0.15) is 0 Å². The van der Waals surface area contributed by atoms with Gasteiger partial charge in [-0.15, -0.1) is 0 Å². The minimum Gasteiger partial charge on any atom is -0.323 e. The third-order valence-electron chi connectivity index (χ3n) is 3.70. The Labute approximate surface area is 89.8 Å². The van der Waals surface area contributed by atoms with E-state index < -0.39 is 5.54 Å². The van der Waals surface area contributed by atoms with Crippen LogP contribution in [-0.2, 0) is 4.79 Å². The van der Waals surface area contributed by atoms with E-state index in [-0.39, 0.29) is 17.4 Å². The first-order chi connectivity index (χ1) is 6.94. The Morgan fingerprint density at radius 2 is 1.80 bits per heavy atom. The van der Waals surface area contributed by atoms with E-state index in [2.05, 4.69) is 24.5 Å². The monoisotopic (exact) mass is 210 g/mol. The molecule has 0 radical (unpaired) electrons. The number of hydrogen-bond donors (Lipinski definition) is 2. The number of nitrogens with one attached hydrogen (secondary N) is 2. The normalized spacial score (nSPS) is 34.8. The fourth-order valence-corrected chi connectivity index (χ4v) is 2.55. The summed E-state index contributed by atoms with van der Waals surface area (Å²) < 4.78 is 0. The molecule has 1 aliphatic heterocycles. The Kier molecular flexibility index (Phi) is 2.24. The predicted octanol–water partition coefficient (Wildman–Crippen LogP) is 1.55. The summed E-state index contributed by atoms with van der Waals surface area (Å²) in [5.41, 5.74) is -0.318. The average Bonchev–Trinajstić information content (AvgIpc) is 2.28. The smallest absolute Gasteiger partial charge is 0.322 e. The Morgan fingerprint density at radius 3 is 2.40 bits per heavy atom. The van der Waals surface area contributed by atoms with E-state index in [4.69, 9.17) is 0 Å². The summed E-state index contributed by atoms with van der Waals surface area (Å²) in [7, 11) is 0. The maximum Gasteiger partial charge on any atom is 0.322 e. The molecule has 0 aromatic rings. The summed E-state index contributed by atoms with van der Waals surface area (Å²) in [6, 6.07) is -0.334. The number of urea groups is 1. The molecule has 0 bridgehead atoms. The second-order valence-electron chi connectivity index (χ2n) is 5.51. The molecule has 2 aliphatic rings. The largest absolute Gasteiger partial charge is 0.323 e. The quantitative estimate of drug-likeness (QED) is 0.596. The van der Waals surface area contributed by atoms with Gasteiger partial charge in [0.15, 0.2) is 0 Å². The van der Waals surface area contributed by atoms with E-state index in [1.54, 1.807) is 0 Å². The van der Waals surface area contributed by atoms with Crippen LogP contribution in [0.5, 0.6) is 0 Å². The Bertz CT molecular complexity index is 312. The lowest BCUT2D eigenvalue weighted by molar-refractivity contribution is -0.124. The van der Waals surface area contributed by atoms with Crippen molar-refractivity contribution in [3.8, 4) is 0 Å². The lowest BCUT2D eigenvalue weighted by atomic mass is 9.83. The van der Waals surface area contributed by atoms with E-state index in [0.717, 1.165) is 32.1 Å². The molecule has 1 heterocycles. The topological polar surface area (TPSA) is 58.2 Å². The Hall–Kier alpha value is -1.06. The van der Waals surface area contributed by atoms with Crippen molar-refractivity contribution in [3.05, 3.63) is 0 Å². The van der Waals surface area contributed by atoms with Crippen LogP contribution in [0.3, 0.4) is 0 Å². The Morgan fingerprint density at radius 1 is 1.07 bits per heavy atom. The van der Waals surface area contributed by atoms with E-state index in [9.17, 15) is 9.59 Å². The molecule has 3 amide bonds. The highest BCUT2D eigenvalue weighted by atomic mass is 16.2. The van der Waals surface area contributed by atoms with Crippen molar-refractivity contribution in [1.29, 1.82) is 0 Å².